The second-order valence-corrected chi connectivity index (χ2v) is 5.31. The van der Waals surface area contributed by atoms with Crippen molar-refractivity contribution in [2.45, 2.75) is 25.3 Å². The Kier molecular flexibility index (Phi) is 4.87. The molecule has 1 aromatic rings. The summed E-state index contributed by atoms with van der Waals surface area (Å²) in [5.74, 6) is 0.740. The quantitative estimate of drug-likeness (QED) is 0.911. The zero-order chi connectivity index (χ0) is 13.0. The predicted molar refractivity (Wildman–Crippen MR) is 75.4 cm³/mol. The molecule has 1 heterocycles. The molecule has 2 rings (SSSR count). The Morgan fingerprint density at radius 2 is 2.11 bits per heavy atom. The minimum atomic E-state index is 0.400. The van der Waals surface area contributed by atoms with Crippen LogP contribution in [-0.4, -0.2) is 37.7 Å². The zero-order valence-corrected chi connectivity index (χ0v) is 11.6. The summed E-state index contributed by atoms with van der Waals surface area (Å²) >= 11 is 6.12. The van der Waals surface area contributed by atoms with Gasteiger partial charge in [-0.25, -0.2) is 0 Å². The van der Waals surface area contributed by atoms with Crippen LogP contribution in [0.2, 0.25) is 5.02 Å². The van der Waals surface area contributed by atoms with Crippen LogP contribution >= 0.6 is 11.6 Å². The summed E-state index contributed by atoms with van der Waals surface area (Å²) < 4.78 is 5.15. The van der Waals surface area contributed by atoms with Gasteiger partial charge in [0.2, 0.25) is 0 Å². The Morgan fingerprint density at radius 1 is 1.39 bits per heavy atom. The zero-order valence-electron chi connectivity index (χ0n) is 10.9. The number of methoxy groups -OCH3 is 1. The molecule has 0 aromatic heterocycles. The van der Waals surface area contributed by atoms with Crippen molar-refractivity contribution in [1.82, 2.24) is 4.90 Å². The fourth-order valence-electron chi connectivity index (χ4n) is 2.33. The molecule has 3 nitrogen and oxygen atoms in total. The monoisotopic (exact) mass is 268 g/mol. The summed E-state index contributed by atoms with van der Waals surface area (Å²) in [7, 11) is 1.64. The largest absolute Gasteiger partial charge is 0.495 e. The molecule has 0 atom stereocenters. The maximum atomic E-state index is 6.12. The Morgan fingerprint density at radius 3 is 2.72 bits per heavy atom. The summed E-state index contributed by atoms with van der Waals surface area (Å²) in [6.45, 7) is 3.31. The van der Waals surface area contributed by atoms with E-state index in [9.17, 15) is 0 Å². The Bertz CT molecular complexity index is 389. The molecule has 18 heavy (non-hydrogen) atoms. The van der Waals surface area contributed by atoms with E-state index >= 15 is 0 Å². The third kappa shape index (κ3) is 3.61. The molecular formula is C14H21ClN2O. The van der Waals surface area contributed by atoms with Crippen LogP contribution < -0.4 is 10.5 Å². The maximum Gasteiger partial charge on any atom is 0.137 e. The van der Waals surface area contributed by atoms with Crippen molar-refractivity contribution in [1.29, 1.82) is 0 Å². The van der Waals surface area contributed by atoms with Gasteiger partial charge < -0.3 is 15.4 Å². The molecule has 1 saturated heterocycles. The van der Waals surface area contributed by atoms with E-state index in [4.69, 9.17) is 22.1 Å². The Hall–Kier alpha value is -0.770. The molecule has 0 saturated carbocycles. The number of halogens is 1. The number of hydrogen-bond acceptors (Lipinski definition) is 3. The topological polar surface area (TPSA) is 38.5 Å². The van der Waals surface area contributed by atoms with Gasteiger partial charge >= 0.3 is 0 Å². The minimum absolute atomic E-state index is 0.400. The van der Waals surface area contributed by atoms with E-state index in [-0.39, 0.29) is 0 Å². The van der Waals surface area contributed by atoms with Crippen LogP contribution in [0, 0.1) is 0 Å². The first-order chi connectivity index (χ1) is 8.69. The molecule has 1 aliphatic heterocycles. The molecule has 2 N–H and O–H groups in total. The molecule has 1 fully saturated rings. The van der Waals surface area contributed by atoms with Crippen LogP contribution in [0.1, 0.15) is 18.4 Å². The normalized spacial score (nSPS) is 17.9. The molecule has 0 amide bonds. The highest BCUT2D eigenvalue weighted by atomic mass is 35.5. The summed E-state index contributed by atoms with van der Waals surface area (Å²) in [6.07, 6.45) is 3.26. The van der Waals surface area contributed by atoms with Crippen LogP contribution in [0.5, 0.6) is 5.75 Å². The smallest absolute Gasteiger partial charge is 0.137 e. The third-order valence-electron chi connectivity index (χ3n) is 3.57. The molecule has 0 radical (unpaired) electrons. The van der Waals surface area contributed by atoms with Gasteiger partial charge in [0.25, 0.3) is 0 Å². The maximum absolute atomic E-state index is 6.12. The number of hydrogen-bond donors (Lipinski definition) is 1. The van der Waals surface area contributed by atoms with Crippen LogP contribution in [-0.2, 0) is 6.42 Å². The van der Waals surface area contributed by atoms with Crippen molar-refractivity contribution < 1.29 is 4.74 Å². The van der Waals surface area contributed by atoms with Gasteiger partial charge in [0.05, 0.1) is 12.1 Å². The van der Waals surface area contributed by atoms with Gasteiger partial charge in [0.1, 0.15) is 5.75 Å². The number of piperidine rings is 1. The molecular weight excluding hydrogens is 248 g/mol. The van der Waals surface area contributed by atoms with E-state index in [2.05, 4.69) is 11.0 Å². The van der Waals surface area contributed by atoms with Gasteiger partial charge in [-0.2, -0.15) is 0 Å². The van der Waals surface area contributed by atoms with E-state index in [1.54, 1.807) is 7.11 Å². The van der Waals surface area contributed by atoms with E-state index in [0.717, 1.165) is 44.6 Å². The summed E-state index contributed by atoms with van der Waals surface area (Å²) in [5, 5.41) is 0.690. The molecule has 0 bridgehead atoms. The first kappa shape index (κ1) is 13.7. The van der Waals surface area contributed by atoms with Crippen molar-refractivity contribution in [3.8, 4) is 5.75 Å². The lowest BCUT2D eigenvalue weighted by molar-refractivity contribution is 0.215. The molecule has 1 aliphatic rings. The Labute approximate surface area is 114 Å². The Balaban J connectivity index is 1.84. The highest BCUT2D eigenvalue weighted by Gasteiger charge is 2.15. The SMILES string of the molecule is COc1ccc(CCN2CCC(N)CC2)cc1Cl. The molecule has 100 valence electrons. The van der Waals surface area contributed by atoms with E-state index in [0.29, 0.717) is 11.1 Å². The number of likely N-dealkylation sites (tertiary alicyclic amines) is 1. The van der Waals surface area contributed by atoms with Gasteiger partial charge in [0.15, 0.2) is 0 Å². The van der Waals surface area contributed by atoms with Gasteiger partial charge in [-0.05, 0) is 50.0 Å². The molecule has 1 aromatic carbocycles. The van der Waals surface area contributed by atoms with E-state index < -0.39 is 0 Å². The van der Waals surface area contributed by atoms with Crippen LogP contribution in [0.3, 0.4) is 0 Å². The first-order valence-corrected chi connectivity index (χ1v) is 6.87. The van der Waals surface area contributed by atoms with Gasteiger partial charge in [-0.1, -0.05) is 17.7 Å². The van der Waals surface area contributed by atoms with Gasteiger partial charge in [-0.15, -0.1) is 0 Å². The number of rotatable bonds is 4. The lowest BCUT2D eigenvalue weighted by atomic mass is 10.1. The molecule has 0 unspecified atom stereocenters. The summed E-state index contributed by atoms with van der Waals surface area (Å²) in [4.78, 5) is 2.47. The predicted octanol–water partition coefficient (Wildman–Crippen LogP) is 2.31. The van der Waals surface area contributed by atoms with Crippen LogP contribution in [0.15, 0.2) is 18.2 Å². The fourth-order valence-corrected chi connectivity index (χ4v) is 2.61. The standard InChI is InChI=1S/C14H21ClN2O/c1-18-14-3-2-11(10-13(14)15)4-7-17-8-5-12(16)6-9-17/h2-3,10,12H,4-9,16H2,1H3. The fraction of sp³-hybridized carbons (Fsp3) is 0.571. The number of nitrogens with zero attached hydrogens (tertiary/aromatic N) is 1. The van der Waals surface area contributed by atoms with Gasteiger partial charge in [0, 0.05) is 12.6 Å². The average molecular weight is 269 g/mol. The summed E-state index contributed by atoms with van der Waals surface area (Å²) in [5.41, 5.74) is 7.16. The van der Waals surface area contributed by atoms with Crippen LogP contribution in [0.4, 0.5) is 0 Å². The van der Waals surface area contributed by atoms with Crippen molar-refractivity contribution in [3.05, 3.63) is 28.8 Å². The molecule has 0 spiro atoms. The average Bonchev–Trinajstić information content (AvgIpc) is 2.38. The number of ether oxygens (including phenoxy) is 1. The van der Waals surface area contributed by atoms with Crippen molar-refractivity contribution in [3.63, 3.8) is 0 Å². The number of nitrogens with two attached hydrogens (primary N) is 1. The second kappa shape index (κ2) is 6.41. The van der Waals surface area contributed by atoms with Crippen molar-refractivity contribution in [2.75, 3.05) is 26.7 Å². The van der Waals surface area contributed by atoms with E-state index in [1.165, 1.54) is 5.56 Å². The number of benzene rings is 1. The summed E-state index contributed by atoms with van der Waals surface area (Å²) in [6, 6.07) is 6.41. The van der Waals surface area contributed by atoms with Gasteiger partial charge in [-0.3, -0.25) is 0 Å². The molecule has 0 aliphatic carbocycles. The second-order valence-electron chi connectivity index (χ2n) is 4.90. The highest BCUT2D eigenvalue weighted by Crippen LogP contribution is 2.25. The van der Waals surface area contributed by atoms with Crippen molar-refractivity contribution >= 4 is 11.6 Å². The van der Waals surface area contributed by atoms with Crippen molar-refractivity contribution in [2.24, 2.45) is 5.73 Å². The van der Waals surface area contributed by atoms with E-state index in [1.807, 2.05) is 12.1 Å². The first-order valence-electron chi connectivity index (χ1n) is 6.49. The third-order valence-corrected chi connectivity index (χ3v) is 3.86. The lowest BCUT2D eigenvalue weighted by Crippen LogP contribution is -2.40. The molecule has 4 heteroatoms. The van der Waals surface area contributed by atoms with Crippen LogP contribution in [0.25, 0.3) is 0 Å². The minimum Gasteiger partial charge on any atom is -0.495 e. The lowest BCUT2D eigenvalue weighted by Gasteiger charge is -2.30. The highest BCUT2D eigenvalue weighted by molar-refractivity contribution is 6.32.